The second-order valence-electron chi connectivity index (χ2n) is 7.79. The highest BCUT2D eigenvalue weighted by Gasteiger charge is 2.31. The molecule has 0 bridgehead atoms. The number of nitrogens with one attached hydrogen (secondary N) is 1. The van der Waals surface area contributed by atoms with Crippen LogP contribution in [0.15, 0.2) is 66.7 Å². The molecule has 0 aliphatic heterocycles. The van der Waals surface area contributed by atoms with Gasteiger partial charge in [0.1, 0.15) is 28.1 Å². The molecule has 2 heterocycles. The zero-order valence-electron chi connectivity index (χ0n) is 20.6. The number of amides is 1. The van der Waals surface area contributed by atoms with Crippen LogP contribution in [0.4, 0.5) is 0 Å². The Balaban J connectivity index is 1.86. The van der Waals surface area contributed by atoms with Crippen molar-refractivity contribution < 1.29 is 27.4 Å². The zero-order chi connectivity index (χ0) is 26.6. The highest BCUT2D eigenvalue weighted by Crippen LogP contribution is 2.36. The first kappa shape index (κ1) is 25.6. The third-order valence-corrected chi connectivity index (χ3v) is 7.30. The summed E-state index contributed by atoms with van der Waals surface area (Å²) in [4.78, 5) is 17.8. The molecule has 1 atom stereocenters. The molecule has 0 radical (unpaired) electrons. The van der Waals surface area contributed by atoms with E-state index in [0.717, 1.165) is 0 Å². The monoisotopic (exact) mass is 523 g/mol. The van der Waals surface area contributed by atoms with E-state index in [1.165, 1.54) is 32.8 Å². The van der Waals surface area contributed by atoms with Crippen molar-refractivity contribution >= 4 is 15.9 Å². The average molecular weight is 524 g/mol. The molecule has 0 aliphatic carbocycles. The third kappa shape index (κ3) is 5.09. The minimum absolute atomic E-state index is 0.139. The predicted molar refractivity (Wildman–Crippen MR) is 135 cm³/mol. The fourth-order valence-electron chi connectivity index (χ4n) is 3.68. The van der Waals surface area contributed by atoms with Gasteiger partial charge in [-0.15, -0.1) is 10.2 Å². The number of benzene rings is 2. The largest absolute Gasteiger partial charge is 0.494 e. The summed E-state index contributed by atoms with van der Waals surface area (Å²) >= 11 is 0. The van der Waals surface area contributed by atoms with Crippen molar-refractivity contribution in [1.82, 2.24) is 24.5 Å². The lowest BCUT2D eigenvalue weighted by molar-refractivity contribution is 0.0969. The lowest BCUT2D eigenvalue weighted by atomic mass is 10.2. The van der Waals surface area contributed by atoms with Crippen LogP contribution in [-0.2, 0) is 10.0 Å². The Hall–Kier alpha value is -4.45. The standard InChI is InChI=1S/C25H25N5O6S/c1-16(17-10-6-5-7-11-17)37(32,33)29-25(31)24-28-27-23(18-12-8-15-21(26-18)36-4)30(24)22-19(34-2)13-9-14-20(22)35-3/h5-16H,1-4H3,(H,29,31)/t16-/m1/s1. The summed E-state index contributed by atoms with van der Waals surface area (Å²) in [6, 6.07) is 18.6. The van der Waals surface area contributed by atoms with Gasteiger partial charge in [-0.05, 0) is 30.7 Å². The smallest absolute Gasteiger partial charge is 0.303 e. The first-order chi connectivity index (χ1) is 17.8. The predicted octanol–water partition coefficient (Wildman–Crippen LogP) is 3.18. The number of aromatic nitrogens is 4. The molecule has 11 nitrogen and oxygen atoms in total. The molecule has 4 rings (SSSR count). The van der Waals surface area contributed by atoms with Crippen LogP contribution in [0, 0.1) is 0 Å². The molecule has 12 heteroatoms. The quantitative estimate of drug-likeness (QED) is 0.351. The topological polar surface area (TPSA) is 135 Å². The van der Waals surface area contributed by atoms with Crippen molar-refractivity contribution in [3.63, 3.8) is 0 Å². The van der Waals surface area contributed by atoms with Crippen LogP contribution in [0.2, 0.25) is 0 Å². The first-order valence-electron chi connectivity index (χ1n) is 11.1. The number of pyridine rings is 1. The van der Waals surface area contributed by atoms with Crippen molar-refractivity contribution in [1.29, 1.82) is 0 Å². The van der Waals surface area contributed by atoms with Crippen LogP contribution in [0.5, 0.6) is 17.4 Å². The van der Waals surface area contributed by atoms with Gasteiger partial charge in [0.05, 0.1) is 21.3 Å². The summed E-state index contributed by atoms with van der Waals surface area (Å²) in [6.07, 6.45) is 0. The molecule has 0 saturated heterocycles. The number of carbonyl (C=O) groups excluding carboxylic acids is 1. The number of para-hydroxylation sites is 1. The van der Waals surface area contributed by atoms with E-state index in [9.17, 15) is 13.2 Å². The van der Waals surface area contributed by atoms with Gasteiger partial charge in [-0.25, -0.2) is 18.1 Å². The summed E-state index contributed by atoms with van der Waals surface area (Å²) in [6.45, 7) is 1.49. The Labute approximate surface area is 214 Å². The molecular formula is C25H25N5O6S. The van der Waals surface area contributed by atoms with Gasteiger partial charge >= 0.3 is 5.91 Å². The molecule has 37 heavy (non-hydrogen) atoms. The summed E-state index contributed by atoms with van der Waals surface area (Å²) in [5, 5.41) is 7.20. The maximum absolute atomic E-state index is 13.4. The minimum atomic E-state index is -4.14. The molecule has 0 aliphatic rings. The number of ether oxygens (including phenoxy) is 3. The molecule has 1 amide bonds. The molecule has 2 aromatic heterocycles. The molecule has 1 N–H and O–H groups in total. The molecule has 0 spiro atoms. The molecular weight excluding hydrogens is 498 g/mol. The van der Waals surface area contributed by atoms with Gasteiger partial charge in [-0.1, -0.05) is 42.5 Å². The zero-order valence-corrected chi connectivity index (χ0v) is 21.4. The van der Waals surface area contributed by atoms with E-state index in [1.54, 1.807) is 66.7 Å². The number of carbonyl (C=O) groups is 1. The molecule has 192 valence electrons. The molecule has 2 aromatic carbocycles. The van der Waals surface area contributed by atoms with Crippen molar-refractivity contribution in [3.8, 4) is 34.6 Å². The highest BCUT2D eigenvalue weighted by atomic mass is 32.2. The number of methoxy groups -OCH3 is 3. The van der Waals surface area contributed by atoms with Gasteiger partial charge in [0.2, 0.25) is 21.7 Å². The number of hydrogen-bond donors (Lipinski definition) is 1. The van der Waals surface area contributed by atoms with Gasteiger partial charge in [0.25, 0.3) is 0 Å². The van der Waals surface area contributed by atoms with Crippen molar-refractivity contribution in [3.05, 3.63) is 78.1 Å². The van der Waals surface area contributed by atoms with Gasteiger partial charge in [0, 0.05) is 6.07 Å². The maximum atomic E-state index is 13.4. The third-order valence-electron chi connectivity index (χ3n) is 5.62. The van der Waals surface area contributed by atoms with E-state index in [1.807, 2.05) is 0 Å². The first-order valence-corrected chi connectivity index (χ1v) is 12.6. The number of rotatable bonds is 9. The van der Waals surface area contributed by atoms with Crippen molar-refractivity contribution in [2.45, 2.75) is 12.2 Å². The number of hydrogen-bond acceptors (Lipinski definition) is 9. The van der Waals surface area contributed by atoms with E-state index in [0.29, 0.717) is 28.6 Å². The van der Waals surface area contributed by atoms with Gasteiger partial charge in [0.15, 0.2) is 5.82 Å². The van der Waals surface area contributed by atoms with E-state index < -0.39 is 21.2 Å². The fourth-order valence-corrected chi connectivity index (χ4v) is 4.72. The van der Waals surface area contributed by atoms with Gasteiger partial charge < -0.3 is 14.2 Å². The van der Waals surface area contributed by atoms with Crippen LogP contribution in [-0.4, -0.2) is 55.4 Å². The number of sulfonamides is 1. The van der Waals surface area contributed by atoms with E-state index in [-0.39, 0.29) is 17.3 Å². The highest BCUT2D eigenvalue weighted by molar-refractivity contribution is 7.90. The van der Waals surface area contributed by atoms with E-state index in [2.05, 4.69) is 19.9 Å². The molecule has 0 unspecified atom stereocenters. The van der Waals surface area contributed by atoms with Crippen molar-refractivity contribution in [2.24, 2.45) is 0 Å². The summed E-state index contributed by atoms with van der Waals surface area (Å²) in [5.74, 6) is -0.191. The Morgan fingerprint density at radius 2 is 1.51 bits per heavy atom. The molecule has 0 saturated carbocycles. The Morgan fingerprint density at radius 3 is 2.14 bits per heavy atom. The Bertz CT molecular complexity index is 1500. The SMILES string of the molecule is COc1cccc(-c2nnc(C(=O)NS(=O)(=O)[C@H](C)c3ccccc3)n2-c2c(OC)cccc2OC)n1. The normalized spacial score (nSPS) is 12.0. The summed E-state index contributed by atoms with van der Waals surface area (Å²) < 4.78 is 46.0. The molecule has 0 fully saturated rings. The van der Waals surface area contributed by atoms with Crippen LogP contribution in [0.1, 0.15) is 28.4 Å². The van der Waals surface area contributed by atoms with Crippen LogP contribution >= 0.6 is 0 Å². The van der Waals surface area contributed by atoms with Gasteiger partial charge in [-0.2, -0.15) is 0 Å². The van der Waals surface area contributed by atoms with Crippen LogP contribution in [0.3, 0.4) is 0 Å². The van der Waals surface area contributed by atoms with Crippen LogP contribution in [0.25, 0.3) is 17.2 Å². The Morgan fingerprint density at radius 1 is 0.865 bits per heavy atom. The second kappa shape index (κ2) is 10.7. The second-order valence-corrected chi connectivity index (χ2v) is 9.79. The van der Waals surface area contributed by atoms with E-state index in [4.69, 9.17) is 14.2 Å². The Kier molecular flexibility index (Phi) is 7.39. The fraction of sp³-hybridized carbons (Fsp3) is 0.200. The summed E-state index contributed by atoms with van der Waals surface area (Å²) in [7, 11) is 0.246. The number of nitrogens with zero attached hydrogens (tertiary/aromatic N) is 4. The maximum Gasteiger partial charge on any atom is 0.303 e. The molecule has 4 aromatic rings. The average Bonchev–Trinajstić information content (AvgIpc) is 3.37. The van der Waals surface area contributed by atoms with Crippen LogP contribution < -0.4 is 18.9 Å². The lowest BCUT2D eigenvalue weighted by Crippen LogP contribution is -2.35. The summed E-state index contributed by atoms with van der Waals surface area (Å²) in [5.41, 5.74) is 1.13. The lowest BCUT2D eigenvalue weighted by Gasteiger charge is -2.18. The van der Waals surface area contributed by atoms with Gasteiger partial charge in [-0.3, -0.25) is 9.36 Å². The van der Waals surface area contributed by atoms with E-state index >= 15 is 0 Å². The van der Waals surface area contributed by atoms with Crippen molar-refractivity contribution in [2.75, 3.05) is 21.3 Å². The minimum Gasteiger partial charge on any atom is -0.494 e.